The Kier molecular flexibility index (Phi) is 3.42. The fraction of sp³-hybridized carbons (Fsp3) is 0.421. The minimum atomic E-state index is -0.270. The molecule has 0 saturated heterocycles. The number of rotatable bonds is 3. The molecule has 122 valence electrons. The van der Waals surface area contributed by atoms with Gasteiger partial charge in [0.15, 0.2) is 0 Å². The van der Waals surface area contributed by atoms with Crippen LogP contribution in [0.15, 0.2) is 30.5 Å². The van der Waals surface area contributed by atoms with Crippen LogP contribution in [0.1, 0.15) is 41.9 Å². The van der Waals surface area contributed by atoms with Crippen LogP contribution in [0.2, 0.25) is 0 Å². The van der Waals surface area contributed by atoms with E-state index < -0.39 is 0 Å². The van der Waals surface area contributed by atoms with E-state index in [2.05, 4.69) is 20.9 Å². The fourth-order valence-electron chi connectivity index (χ4n) is 3.65. The lowest BCUT2D eigenvalue weighted by Crippen LogP contribution is -2.42. The molecular formula is C19H20N4O. The van der Waals surface area contributed by atoms with Gasteiger partial charge in [0.05, 0.1) is 23.1 Å². The minimum absolute atomic E-state index is 0.0120. The van der Waals surface area contributed by atoms with Gasteiger partial charge in [0, 0.05) is 18.4 Å². The molecule has 5 nitrogen and oxygen atoms in total. The number of nitrogens with one attached hydrogen (secondary N) is 1. The number of benzene rings is 1. The zero-order valence-electron chi connectivity index (χ0n) is 13.7. The molecule has 5 heteroatoms. The lowest BCUT2D eigenvalue weighted by molar-refractivity contribution is -0.127. The van der Waals surface area contributed by atoms with Crippen LogP contribution in [-0.2, 0) is 23.3 Å². The van der Waals surface area contributed by atoms with Gasteiger partial charge in [-0.25, -0.2) is 4.98 Å². The van der Waals surface area contributed by atoms with Gasteiger partial charge >= 0.3 is 0 Å². The number of imidazole rings is 1. The van der Waals surface area contributed by atoms with Gasteiger partial charge in [-0.05, 0) is 50.3 Å². The molecule has 0 bridgehead atoms. The van der Waals surface area contributed by atoms with Crippen LogP contribution in [-0.4, -0.2) is 15.5 Å². The highest BCUT2D eigenvalue weighted by Gasteiger charge is 2.46. The quantitative estimate of drug-likeness (QED) is 0.944. The maximum atomic E-state index is 12.8. The van der Waals surface area contributed by atoms with Gasteiger partial charge in [-0.2, -0.15) is 5.26 Å². The highest BCUT2D eigenvalue weighted by atomic mass is 16.2. The van der Waals surface area contributed by atoms with Gasteiger partial charge in [-0.3, -0.25) is 4.79 Å². The first-order valence-electron chi connectivity index (χ1n) is 8.45. The zero-order valence-corrected chi connectivity index (χ0v) is 13.7. The summed E-state index contributed by atoms with van der Waals surface area (Å²) in [5.74, 6) is 1.08. The maximum Gasteiger partial charge on any atom is 0.225 e. The number of aryl methyl sites for hydroxylation is 2. The van der Waals surface area contributed by atoms with Crippen LogP contribution in [0.3, 0.4) is 0 Å². The molecule has 1 N–H and O–H groups in total. The molecule has 1 aromatic carbocycles. The van der Waals surface area contributed by atoms with E-state index in [9.17, 15) is 4.79 Å². The number of hydrogen-bond acceptors (Lipinski definition) is 3. The molecule has 2 aliphatic rings. The number of fused-ring (bicyclic) bond motifs is 1. The van der Waals surface area contributed by atoms with Crippen molar-refractivity contribution in [1.29, 1.82) is 5.26 Å². The van der Waals surface area contributed by atoms with E-state index in [1.807, 2.05) is 31.3 Å². The summed E-state index contributed by atoms with van der Waals surface area (Å²) >= 11 is 0. The van der Waals surface area contributed by atoms with Crippen molar-refractivity contribution in [2.75, 3.05) is 0 Å². The van der Waals surface area contributed by atoms with E-state index in [4.69, 9.17) is 5.26 Å². The van der Waals surface area contributed by atoms with Crippen molar-refractivity contribution >= 4 is 5.91 Å². The molecule has 2 heterocycles. The van der Waals surface area contributed by atoms with Crippen LogP contribution in [0.4, 0.5) is 0 Å². The molecule has 0 spiro atoms. The van der Waals surface area contributed by atoms with Crippen molar-refractivity contribution in [3.8, 4) is 6.07 Å². The Balaban J connectivity index is 1.50. The molecule has 24 heavy (non-hydrogen) atoms. The van der Waals surface area contributed by atoms with Crippen LogP contribution in [0.5, 0.6) is 0 Å². The average molecular weight is 320 g/mol. The second-order valence-corrected chi connectivity index (χ2v) is 6.91. The first-order valence-corrected chi connectivity index (χ1v) is 8.45. The second-order valence-electron chi connectivity index (χ2n) is 6.91. The van der Waals surface area contributed by atoms with Gasteiger partial charge in [0.2, 0.25) is 5.91 Å². The van der Waals surface area contributed by atoms with E-state index >= 15 is 0 Å². The number of nitrogens with zero attached hydrogens (tertiary/aromatic N) is 3. The predicted octanol–water partition coefficient (Wildman–Crippen LogP) is 2.43. The molecule has 2 aromatic rings. The highest BCUT2D eigenvalue weighted by molar-refractivity contribution is 5.80. The molecule has 1 aromatic heterocycles. The van der Waals surface area contributed by atoms with Gasteiger partial charge in [-0.1, -0.05) is 12.1 Å². The summed E-state index contributed by atoms with van der Waals surface area (Å²) in [4.78, 5) is 17.2. The Morgan fingerprint density at radius 3 is 3.04 bits per heavy atom. The van der Waals surface area contributed by atoms with Crippen molar-refractivity contribution < 1.29 is 4.79 Å². The molecule has 1 atom stereocenters. The maximum absolute atomic E-state index is 12.8. The Bertz CT molecular complexity index is 841. The smallest absolute Gasteiger partial charge is 0.225 e. The fourth-order valence-corrected chi connectivity index (χ4v) is 3.65. The summed E-state index contributed by atoms with van der Waals surface area (Å²) in [6.45, 7) is 2.70. The molecule has 1 unspecified atom stereocenters. The number of carbonyl (C=O) groups is 1. The van der Waals surface area contributed by atoms with Crippen molar-refractivity contribution in [2.24, 2.45) is 5.92 Å². The van der Waals surface area contributed by atoms with Gasteiger partial charge in [-0.15, -0.1) is 0 Å². The van der Waals surface area contributed by atoms with E-state index in [1.54, 1.807) is 6.07 Å². The van der Waals surface area contributed by atoms with Crippen molar-refractivity contribution in [1.82, 2.24) is 14.9 Å². The largest absolute Gasteiger partial charge is 0.346 e. The topological polar surface area (TPSA) is 70.7 Å². The lowest BCUT2D eigenvalue weighted by atomic mass is 9.95. The Morgan fingerprint density at radius 2 is 2.29 bits per heavy atom. The Morgan fingerprint density at radius 1 is 1.46 bits per heavy atom. The first-order chi connectivity index (χ1) is 11.6. The van der Waals surface area contributed by atoms with E-state index in [-0.39, 0.29) is 17.4 Å². The van der Waals surface area contributed by atoms with E-state index in [0.29, 0.717) is 12.1 Å². The SMILES string of the molecule is Cc1ncc2n1CC(C(=O)NC1(c3cccc(C#N)c3)CC1)CC2. The predicted molar refractivity (Wildman–Crippen MR) is 89.0 cm³/mol. The lowest BCUT2D eigenvalue weighted by Gasteiger charge is -2.27. The molecule has 1 fully saturated rings. The Labute approximate surface area is 141 Å². The highest BCUT2D eigenvalue weighted by Crippen LogP contribution is 2.46. The number of carbonyl (C=O) groups excluding carboxylic acids is 1. The molecule has 1 aliphatic carbocycles. The summed E-state index contributed by atoms with van der Waals surface area (Å²) < 4.78 is 2.16. The molecule has 1 saturated carbocycles. The summed E-state index contributed by atoms with van der Waals surface area (Å²) in [6.07, 6.45) is 5.56. The number of amides is 1. The molecule has 0 radical (unpaired) electrons. The zero-order chi connectivity index (χ0) is 16.7. The van der Waals surface area contributed by atoms with Crippen LogP contribution < -0.4 is 5.32 Å². The number of nitriles is 1. The van der Waals surface area contributed by atoms with Crippen LogP contribution in [0.25, 0.3) is 0 Å². The van der Waals surface area contributed by atoms with Crippen LogP contribution >= 0.6 is 0 Å². The van der Waals surface area contributed by atoms with Gasteiger partial charge < -0.3 is 9.88 Å². The minimum Gasteiger partial charge on any atom is -0.346 e. The van der Waals surface area contributed by atoms with Gasteiger partial charge in [0.25, 0.3) is 0 Å². The molecule has 1 amide bonds. The third-order valence-electron chi connectivity index (χ3n) is 5.32. The molecular weight excluding hydrogens is 300 g/mol. The Hall–Kier alpha value is -2.61. The monoisotopic (exact) mass is 320 g/mol. The van der Waals surface area contributed by atoms with Crippen molar-refractivity contribution in [3.05, 3.63) is 53.1 Å². The average Bonchev–Trinajstić information content (AvgIpc) is 3.31. The van der Waals surface area contributed by atoms with E-state index in [0.717, 1.165) is 37.1 Å². The number of hydrogen-bond donors (Lipinski definition) is 1. The third-order valence-corrected chi connectivity index (χ3v) is 5.32. The third kappa shape index (κ3) is 2.48. The summed E-state index contributed by atoms with van der Waals surface area (Å²) in [6, 6.07) is 9.77. The normalized spacial score (nSPS) is 20.8. The van der Waals surface area contributed by atoms with Crippen LogP contribution in [0, 0.1) is 24.2 Å². The summed E-state index contributed by atoms with van der Waals surface area (Å²) in [5.41, 5.74) is 2.64. The van der Waals surface area contributed by atoms with Gasteiger partial charge in [0.1, 0.15) is 5.82 Å². The number of aromatic nitrogens is 2. The van der Waals surface area contributed by atoms with Crippen molar-refractivity contribution in [2.45, 2.75) is 44.7 Å². The summed E-state index contributed by atoms with van der Waals surface area (Å²) in [5, 5.41) is 12.4. The molecule has 4 rings (SSSR count). The summed E-state index contributed by atoms with van der Waals surface area (Å²) in [7, 11) is 0. The first kappa shape index (κ1) is 14.9. The van der Waals surface area contributed by atoms with Crippen molar-refractivity contribution in [3.63, 3.8) is 0 Å². The second kappa shape index (κ2) is 5.48. The standard InChI is InChI=1S/C19H20N4O/c1-13-21-11-17-6-5-15(12-23(13)17)18(24)22-19(7-8-19)16-4-2-3-14(9-16)10-20/h2-4,9,11,15H,5-8,12H2,1H3,(H,22,24). The van der Waals surface area contributed by atoms with E-state index in [1.165, 1.54) is 5.69 Å². The molecule has 1 aliphatic heterocycles.